The van der Waals surface area contributed by atoms with E-state index in [-0.39, 0.29) is 24.8 Å². The lowest BCUT2D eigenvalue weighted by Gasteiger charge is -2.32. The van der Waals surface area contributed by atoms with Gasteiger partial charge in [0.15, 0.2) is 0 Å². The van der Waals surface area contributed by atoms with Gasteiger partial charge in [-0.25, -0.2) is 4.79 Å². The molecule has 1 amide bonds. The average molecular weight is 511 g/mol. The van der Waals surface area contributed by atoms with Crippen molar-refractivity contribution in [2.45, 2.75) is 51.7 Å². The van der Waals surface area contributed by atoms with Gasteiger partial charge < -0.3 is 24.5 Å². The van der Waals surface area contributed by atoms with E-state index in [0.717, 1.165) is 16.6 Å². The molecule has 5 rings (SSSR count). The van der Waals surface area contributed by atoms with Crippen molar-refractivity contribution < 1.29 is 23.9 Å². The van der Waals surface area contributed by atoms with Crippen LogP contribution in [0.4, 0.5) is 4.79 Å². The van der Waals surface area contributed by atoms with Crippen molar-refractivity contribution in [2.24, 2.45) is 0 Å². The number of hydrogen-bond acceptors (Lipinski definition) is 5. The first kappa shape index (κ1) is 26.1. The van der Waals surface area contributed by atoms with Crippen LogP contribution in [-0.2, 0) is 14.0 Å². The zero-order valence-corrected chi connectivity index (χ0v) is 22.6. The number of ether oxygens (including phenoxy) is 1. The van der Waals surface area contributed by atoms with Crippen LogP contribution in [0.15, 0.2) is 72.2 Å². The van der Waals surface area contributed by atoms with Crippen molar-refractivity contribution in [1.82, 2.24) is 5.32 Å². The van der Waals surface area contributed by atoms with Crippen LogP contribution in [0.2, 0.25) is 0 Å². The molecule has 3 aromatic carbocycles. The molecule has 0 spiro atoms. The van der Waals surface area contributed by atoms with Crippen LogP contribution in [-0.4, -0.2) is 42.7 Å². The number of phenols is 1. The molecular weight excluding hydrogens is 477 g/mol. The number of aromatic hydroxyl groups is 1. The number of carbonyl (C=O) groups is 1. The molecular formula is C31H34BNO5. The zero-order chi connectivity index (χ0) is 27.1. The maximum Gasteiger partial charge on any atom is 0.492 e. The molecule has 0 saturated carbocycles. The number of phenolic OH excluding ortho intramolecular Hbond substituents is 1. The summed E-state index contributed by atoms with van der Waals surface area (Å²) in [6.07, 6.45) is 1.39. The lowest BCUT2D eigenvalue weighted by Crippen LogP contribution is -2.41. The Balaban J connectivity index is 1.31. The van der Waals surface area contributed by atoms with Crippen LogP contribution < -0.4 is 5.32 Å². The van der Waals surface area contributed by atoms with E-state index in [2.05, 4.69) is 29.6 Å². The van der Waals surface area contributed by atoms with Crippen molar-refractivity contribution >= 4 is 19.3 Å². The minimum Gasteiger partial charge on any atom is -0.508 e. The number of rotatable bonds is 6. The fraction of sp³-hybridized carbons (Fsp3) is 0.323. The molecule has 2 aliphatic rings. The summed E-state index contributed by atoms with van der Waals surface area (Å²) in [5.74, 6) is 0.192. The Morgan fingerprint density at radius 3 is 2.13 bits per heavy atom. The van der Waals surface area contributed by atoms with Crippen molar-refractivity contribution in [3.63, 3.8) is 0 Å². The molecule has 0 aromatic heterocycles. The zero-order valence-electron chi connectivity index (χ0n) is 22.6. The summed E-state index contributed by atoms with van der Waals surface area (Å²) < 4.78 is 18.3. The smallest absolute Gasteiger partial charge is 0.492 e. The molecule has 1 saturated heterocycles. The number of nitrogens with one attached hydrogen (secondary N) is 1. The molecule has 0 bridgehead atoms. The van der Waals surface area contributed by atoms with Gasteiger partial charge in [-0.05, 0) is 79.5 Å². The predicted molar refractivity (Wildman–Crippen MR) is 150 cm³/mol. The van der Waals surface area contributed by atoms with Crippen LogP contribution in [0.3, 0.4) is 0 Å². The first-order valence-electron chi connectivity index (χ1n) is 13.0. The predicted octanol–water partition coefficient (Wildman–Crippen LogP) is 6.25. The van der Waals surface area contributed by atoms with Crippen molar-refractivity contribution in [3.8, 4) is 16.9 Å². The lowest BCUT2D eigenvalue weighted by molar-refractivity contribution is 0.00578. The highest BCUT2D eigenvalue weighted by Crippen LogP contribution is 2.44. The molecule has 196 valence electrons. The standard InChI is InChI=1S/C31H34BNO5/c1-20-21(11-10-16-28(20)34)17-22(32-37-30(2,3)31(4,5)38-32)18-33-29(35)36-19-27-25-14-8-6-12-23(25)24-13-7-9-15-26(24)27/h6-17,27,34H,18-19H2,1-5H3,(H,33,35). The average Bonchev–Trinajstić information content (AvgIpc) is 3.32. The molecule has 7 heteroatoms. The Bertz CT molecular complexity index is 1340. The fourth-order valence-corrected chi connectivity index (χ4v) is 5.02. The number of amides is 1. The van der Waals surface area contributed by atoms with Crippen LogP contribution in [0.25, 0.3) is 17.2 Å². The van der Waals surface area contributed by atoms with Crippen LogP contribution in [0.5, 0.6) is 5.75 Å². The monoisotopic (exact) mass is 511 g/mol. The minimum absolute atomic E-state index is 0.0128. The largest absolute Gasteiger partial charge is 0.508 e. The van der Waals surface area contributed by atoms with Gasteiger partial charge in [-0.1, -0.05) is 66.7 Å². The summed E-state index contributed by atoms with van der Waals surface area (Å²) in [6.45, 7) is 10.2. The SMILES string of the molecule is Cc1c(O)cccc1C=C(CNC(=O)OCC1c2ccccc2-c2ccccc21)B1OC(C)(C)C(C)(C)O1. The topological polar surface area (TPSA) is 77.0 Å². The number of alkyl carbamates (subject to hydrolysis) is 1. The molecule has 1 aliphatic heterocycles. The second-order valence-corrected chi connectivity index (χ2v) is 11.0. The van der Waals surface area contributed by atoms with Gasteiger partial charge in [0.1, 0.15) is 12.4 Å². The highest BCUT2D eigenvalue weighted by molar-refractivity contribution is 6.56. The Morgan fingerprint density at radius 2 is 1.53 bits per heavy atom. The number of benzene rings is 3. The van der Waals surface area contributed by atoms with E-state index in [9.17, 15) is 9.90 Å². The summed E-state index contributed by atoms with van der Waals surface area (Å²) in [6, 6.07) is 21.9. The van der Waals surface area contributed by atoms with E-state index >= 15 is 0 Å². The summed E-state index contributed by atoms with van der Waals surface area (Å²) in [5.41, 5.74) is 5.92. The summed E-state index contributed by atoms with van der Waals surface area (Å²) in [7, 11) is -0.657. The van der Waals surface area contributed by atoms with Gasteiger partial charge in [-0.15, -0.1) is 0 Å². The number of carbonyl (C=O) groups excluding carboxylic acids is 1. The third kappa shape index (κ3) is 4.84. The molecule has 6 nitrogen and oxygen atoms in total. The minimum atomic E-state index is -0.657. The van der Waals surface area contributed by atoms with Crippen LogP contribution in [0, 0.1) is 6.92 Å². The number of hydrogen-bond donors (Lipinski definition) is 2. The highest BCUT2D eigenvalue weighted by Gasteiger charge is 2.52. The maximum atomic E-state index is 12.9. The van der Waals surface area contributed by atoms with E-state index in [1.165, 1.54) is 22.3 Å². The van der Waals surface area contributed by atoms with Crippen LogP contribution in [0.1, 0.15) is 55.9 Å². The first-order valence-corrected chi connectivity index (χ1v) is 13.0. The van der Waals surface area contributed by atoms with Crippen LogP contribution >= 0.6 is 0 Å². The Kier molecular flexibility index (Phi) is 6.84. The second-order valence-electron chi connectivity index (χ2n) is 11.0. The molecule has 0 radical (unpaired) electrons. The quantitative estimate of drug-likeness (QED) is 0.383. The molecule has 38 heavy (non-hydrogen) atoms. The maximum absolute atomic E-state index is 12.9. The third-order valence-corrected chi connectivity index (χ3v) is 8.02. The van der Waals surface area contributed by atoms with E-state index in [0.29, 0.717) is 0 Å². The number of fused-ring (bicyclic) bond motifs is 3. The molecule has 0 atom stereocenters. The first-order chi connectivity index (χ1) is 18.1. The van der Waals surface area contributed by atoms with Gasteiger partial charge in [0, 0.05) is 12.5 Å². The Labute approximate surface area is 224 Å². The van der Waals surface area contributed by atoms with Gasteiger partial charge in [-0.3, -0.25) is 0 Å². The van der Waals surface area contributed by atoms with E-state index < -0.39 is 24.4 Å². The molecule has 1 heterocycles. The van der Waals surface area contributed by atoms with Gasteiger partial charge in [-0.2, -0.15) is 0 Å². The van der Waals surface area contributed by atoms with E-state index in [1.54, 1.807) is 12.1 Å². The second kappa shape index (κ2) is 9.97. The van der Waals surface area contributed by atoms with Crippen molar-refractivity contribution in [1.29, 1.82) is 0 Å². The lowest BCUT2D eigenvalue weighted by atomic mass is 9.76. The molecule has 1 aliphatic carbocycles. The third-order valence-electron chi connectivity index (χ3n) is 8.02. The normalized spacial score (nSPS) is 17.7. The van der Waals surface area contributed by atoms with Gasteiger partial charge >= 0.3 is 13.2 Å². The summed E-state index contributed by atoms with van der Waals surface area (Å²) in [4.78, 5) is 12.9. The van der Waals surface area contributed by atoms with E-state index in [1.807, 2.05) is 71.0 Å². The molecule has 0 unspecified atom stereocenters. The Morgan fingerprint density at radius 1 is 0.947 bits per heavy atom. The van der Waals surface area contributed by atoms with Gasteiger partial charge in [0.25, 0.3) is 0 Å². The fourth-order valence-electron chi connectivity index (χ4n) is 5.02. The summed E-state index contributed by atoms with van der Waals surface area (Å²) in [5, 5.41) is 13.1. The van der Waals surface area contributed by atoms with Crippen molar-refractivity contribution in [2.75, 3.05) is 13.2 Å². The summed E-state index contributed by atoms with van der Waals surface area (Å²) >= 11 is 0. The molecule has 2 N–H and O–H groups in total. The van der Waals surface area contributed by atoms with E-state index in [4.69, 9.17) is 14.0 Å². The molecule has 3 aromatic rings. The Hall–Kier alpha value is -3.55. The molecule has 1 fully saturated rings. The van der Waals surface area contributed by atoms with Crippen molar-refractivity contribution in [3.05, 3.63) is 94.5 Å². The highest BCUT2D eigenvalue weighted by atomic mass is 16.7. The van der Waals surface area contributed by atoms with Gasteiger partial charge in [0.2, 0.25) is 0 Å². The van der Waals surface area contributed by atoms with Gasteiger partial charge in [0.05, 0.1) is 11.2 Å².